The van der Waals surface area contributed by atoms with Crippen LogP contribution >= 0.6 is 0 Å². The molecule has 1 N–H and O–H groups in total. The number of sulfonamides is 1. The summed E-state index contributed by atoms with van der Waals surface area (Å²) in [6, 6.07) is 20.6. The van der Waals surface area contributed by atoms with Crippen LogP contribution in [0.25, 0.3) is 0 Å². The van der Waals surface area contributed by atoms with Gasteiger partial charge in [-0.3, -0.25) is 13.9 Å². The number of nitrogens with zero attached hydrogens (tertiary/aromatic N) is 2. The number of hydrogen-bond donors (Lipinski definition) is 1. The van der Waals surface area contributed by atoms with Gasteiger partial charge in [-0.25, -0.2) is 8.42 Å². The topological polar surface area (TPSA) is 86.8 Å². The van der Waals surface area contributed by atoms with E-state index >= 15 is 0 Å². The highest BCUT2D eigenvalue weighted by Gasteiger charge is 2.29. The van der Waals surface area contributed by atoms with E-state index in [-0.39, 0.29) is 10.8 Å². The van der Waals surface area contributed by atoms with Crippen LogP contribution in [0.2, 0.25) is 0 Å². The van der Waals surface area contributed by atoms with E-state index in [9.17, 15) is 18.0 Å². The Kier molecular flexibility index (Phi) is 7.74. The number of anilines is 2. The number of benzene rings is 3. The van der Waals surface area contributed by atoms with Crippen molar-refractivity contribution in [2.45, 2.75) is 38.0 Å². The summed E-state index contributed by atoms with van der Waals surface area (Å²) < 4.78 is 28.6. The van der Waals surface area contributed by atoms with Crippen molar-refractivity contribution in [3.05, 3.63) is 89.5 Å². The van der Waals surface area contributed by atoms with Crippen LogP contribution in [0.4, 0.5) is 11.4 Å². The molecule has 0 unspecified atom stereocenters. The van der Waals surface area contributed by atoms with Gasteiger partial charge in [-0.15, -0.1) is 0 Å². The van der Waals surface area contributed by atoms with Gasteiger partial charge in [0, 0.05) is 13.1 Å². The second-order valence-electron chi connectivity index (χ2n) is 8.90. The molecule has 188 valence electrons. The number of likely N-dealkylation sites (tertiary alicyclic amines) is 1. The maximum absolute atomic E-state index is 13.7. The summed E-state index contributed by atoms with van der Waals surface area (Å²) in [5, 5.41) is 2.79. The van der Waals surface area contributed by atoms with E-state index in [0.717, 1.165) is 28.3 Å². The zero-order chi connectivity index (χ0) is 25.7. The van der Waals surface area contributed by atoms with Gasteiger partial charge >= 0.3 is 0 Å². The van der Waals surface area contributed by atoms with Crippen molar-refractivity contribution in [2.24, 2.45) is 0 Å². The Bertz CT molecular complexity index is 1350. The third kappa shape index (κ3) is 5.44. The van der Waals surface area contributed by atoms with Crippen LogP contribution < -0.4 is 9.62 Å². The second kappa shape index (κ2) is 11.0. The van der Waals surface area contributed by atoms with E-state index in [0.29, 0.717) is 36.4 Å². The van der Waals surface area contributed by atoms with Gasteiger partial charge in [0.1, 0.15) is 6.54 Å². The number of rotatable bonds is 8. The molecule has 0 bridgehead atoms. The van der Waals surface area contributed by atoms with Gasteiger partial charge in [0.05, 0.1) is 21.8 Å². The molecule has 0 aliphatic carbocycles. The maximum atomic E-state index is 13.7. The first-order valence-corrected chi connectivity index (χ1v) is 13.6. The van der Waals surface area contributed by atoms with Crippen LogP contribution in [-0.4, -0.2) is 44.8 Å². The Morgan fingerprint density at radius 2 is 1.56 bits per heavy atom. The summed E-state index contributed by atoms with van der Waals surface area (Å²) in [5.41, 5.74) is 2.97. The summed E-state index contributed by atoms with van der Waals surface area (Å²) in [6.07, 6.45) is 2.52. The number of carbonyl (C=O) groups is 2. The molecule has 0 atom stereocenters. The number of hydrogen-bond acceptors (Lipinski definition) is 4. The van der Waals surface area contributed by atoms with Crippen LogP contribution in [0.15, 0.2) is 77.7 Å². The van der Waals surface area contributed by atoms with Gasteiger partial charge < -0.3 is 10.2 Å². The molecule has 3 aromatic carbocycles. The number of amides is 2. The highest BCUT2D eigenvalue weighted by molar-refractivity contribution is 7.92. The van der Waals surface area contributed by atoms with Crippen LogP contribution in [-0.2, 0) is 21.2 Å². The highest BCUT2D eigenvalue weighted by atomic mass is 32.2. The highest BCUT2D eigenvalue weighted by Crippen LogP contribution is 2.28. The lowest BCUT2D eigenvalue weighted by Gasteiger charge is -2.26. The molecule has 2 amide bonds. The van der Waals surface area contributed by atoms with E-state index in [1.807, 2.05) is 26.0 Å². The Morgan fingerprint density at radius 1 is 0.917 bits per heavy atom. The van der Waals surface area contributed by atoms with Crippen molar-refractivity contribution in [3.63, 3.8) is 0 Å². The van der Waals surface area contributed by atoms with Crippen LogP contribution in [0, 0.1) is 6.92 Å². The molecular formula is C28H31N3O4S. The molecule has 0 saturated carbocycles. The van der Waals surface area contributed by atoms with Gasteiger partial charge in [0.25, 0.3) is 15.9 Å². The summed E-state index contributed by atoms with van der Waals surface area (Å²) in [7, 11) is -4.03. The largest absolute Gasteiger partial charge is 0.339 e. The number of nitrogens with one attached hydrogen (secondary N) is 1. The molecule has 1 aliphatic rings. The van der Waals surface area contributed by atoms with Gasteiger partial charge in [-0.05, 0) is 62.1 Å². The van der Waals surface area contributed by atoms with E-state index in [1.165, 1.54) is 0 Å². The molecule has 36 heavy (non-hydrogen) atoms. The number of para-hydroxylation sites is 2. The minimum Gasteiger partial charge on any atom is -0.339 e. The van der Waals surface area contributed by atoms with Crippen molar-refractivity contribution >= 4 is 33.2 Å². The molecule has 7 nitrogen and oxygen atoms in total. The van der Waals surface area contributed by atoms with E-state index in [1.54, 1.807) is 65.6 Å². The van der Waals surface area contributed by atoms with E-state index < -0.39 is 22.5 Å². The molecule has 8 heteroatoms. The Morgan fingerprint density at radius 3 is 2.25 bits per heavy atom. The zero-order valence-corrected chi connectivity index (χ0v) is 21.4. The lowest BCUT2D eigenvalue weighted by molar-refractivity contribution is -0.114. The second-order valence-corrected chi connectivity index (χ2v) is 10.8. The molecule has 1 fully saturated rings. The summed E-state index contributed by atoms with van der Waals surface area (Å²) in [6.45, 7) is 4.78. The summed E-state index contributed by atoms with van der Waals surface area (Å²) in [4.78, 5) is 28.2. The van der Waals surface area contributed by atoms with Crippen LogP contribution in [0.5, 0.6) is 0 Å². The zero-order valence-electron chi connectivity index (χ0n) is 20.6. The molecule has 1 heterocycles. The lowest BCUT2D eigenvalue weighted by atomic mass is 10.1. The first kappa shape index (κ1) is 25.4. The molecule has 3 aromatic rings. The first-order valence-electron chi connectivity index (χ1n) is 12.2. The number of aryl methyl sites for hydroxylation is 2. The van der Waals surface area contributed by atoms with Crippen molar-refractivity contribution in [3.8, 4) is 0 Å². The molecule has 1 saturated heterocycles. The fourth-order valence-electron chi connectivity index (χ4n) is 4.38. The van der Waals surface area contributed by atoms with E-state index in [4.69, 9.17) is 0 Å². The Balaban J connectivity index is 1.66. The number of carbonyl (C=O) groups excluding carboxylic acids is 2. The van der Waals surface area contributed by atoms with Gasteiger partial charge in [0.15, 0.2) is 0 Å². The third-order valence-corrected chi connectivity index (χ3v) is 8.14. The molecular weight excluding hydrogens is 474 g/mol. The third-order valence-electron chi connectivity index (χ3n) is 6.36. The molecule has 0 aromatic heterocycles. The summed E-state index contributed by atoms with van der Waals surface area (Å²) in [5.74, 6) is -0.665. The predicted molar refractivity (Wildman–Crippen MR) is 142 cm³/mol. The quantitative estimate of drug-likeness (QED) is 0.484. The normalized spacial score (nSPS) is 13.4. The first-order chi connectivity index (χ1) is 17.3. The lowest BCUT2D eigenvalue weighted by Crippen LogP contribution is -2.39. The van der Waals surface area contributed by atoms with Crippen molar-refractivity contribution in [1.29, 1.82) is 0 Å². The Labute approximate surface area is 212 Å². The minimum absolute atomic E-state index is 0.108. The Hall–Kier alpha value is -3.65. The molecule has 0 spiro atoms. The van der Waals surface area contributed by atoms with Crippen molar-refractivity contribution < 1.29 is 18.0 Å². The monoisotopic (exact) mass is 505 g/mol. The fraction of sp³-hybridized carbons (Fsp3) is 0.286. The molecule has 0 radical (unpaired) electrons. The van der Waals surface area contributed by atoms with Gasteiger partial charge in [-0.1, -0.05) is 55.0 Å². The fourth-order valence-corrected chi connectivity index (χ4v) is 5.84. The summed E-state index contributed by atoms with van der Waals surface area (Å²) >= 11 is 0. The maximum Gasteiger partial charge on any atom is 0.264 e. The average molecular weight is 506 g/mol. The van der Waals surface area contributed by atoms with Crippen LogP contribution in [0.1, 0.15) is 41.3 Å². The minimum atomic E-state index is -4.03. The van der Waals surface area contributed by atoms with Crippen molar-refractivity contribution in [1.82, 2.24) is 4.90 Å². The van der Waals surface area contributed by atoms with Crippen LogP contribution in [0.3, 0.4) is 0 Å². The standard InChI is InChI=1S/C28H31N3O4S/c1-3-22-10-4-7-13-26(22)31(36(34,35)23-16-14-21(2)15-17-23)20-27(32)29-25-12-6-5-11-24(25)28(33)30-18-8-9-19-30/h4-7,10-17H,3,8-9,18-20H2,1-2H3,(H,29,32). The SMILES string of the molecule is CCc1ccccc1N(CC(=O)Nc1ccccc1C(=O)N1CCCC1)S(=O)(=O)c1ccc(C)cc1. The van der Waals surface area contributed by atoms with E-state index in [2.05, 4.69) is 5.32 Å². The van der Waals surface area contributed by atoms with Gasteiger partial charge in [-0.2, -0.15) is 0 Å². The van der Waals surface area contributed by atoms with Gasteiger partial charge in [0.2, 0.25) is 5.91 Å². The predicted octanol–water partition coefficient (Wildman–Crippen LogP) is 4.63. The smallest absolute Gasteiger partial charge is 0.264 e. The average Bonchev–Trinajstić information content (AvgIpc) is 3.42. The molecule has 4 rings (SSSR count). The van der Waals surface area contributed by atoms with Crippen molar-refractivity contribution in [2.75, 3.05) is 29.3 Å². The molecule has 1 aliphatic heterocycles.